The molecule has 0 spiro atoms. The number of nitrogens with zero attached hydrogens (tertiary/aromatic N) is 1. The van der Waals surface area contributed by atoms with Crippen molar-refractivity contribution in [2.75, 3.05) is 0 Å². The van der Waals surface area contributed by atoms with E-state index in [9.17, 15) is 9.18 Å². The third-order valence-electron chi connectivity index (χ3n) is 3.88. The highest BCUT2D eigenvalue weighted by atomic mass is 32.1. The second-order valence-electron chi connectivity index (χ2n) is 5.84. The number of rotatable bonds is 5. The van der Waals surface area contributed by atoms with Crippen molar-refractivity contribution in [2.45, 2.75) is 13.0 Å². The lowest BCUT2D eigenvalue weighted by atomic mass is 10.1. The fourth-order valence-corrected chi connectivity index (χ4v) is 3.57. The molecule has 2 aromatic carbocycles. The van der Waals surface area contributed by atoms with E-state index in [2.05, 4.69) is 10.3 Å². The third-order valence-corrected chi connectivity index (χ3v) is 4.93. The van der Waals surface area contributed by atoms with Gasteiger partial charge in [-0.15, -0.1) is 11.3 Å². The minimum atomic E-state index is -0.346. The van der Waals surface area contributed by atoms with Gasteiger partial charge < -0.3 is 9.73 Å². The number of furan rings is 1. The largest absolute Gasteiger partial charge is 0.457 e. The van der Waals surface area contributed by atoms with Gasteiger partial charge in [-0.2, -0.15) is 0 Å². The first-order valence-corrected chi connectivity index (χ1v) is 8.95. The first-order chi connectivity index (χ1) is 12.7. The van der Waals surface area contributed by atoms with Crippen LogP contribution in [0.15, 0.2) is 65.1 Å². The van der Waals surface area contributed by atoms with Gasteiger partial charge in [-0.3, -0.25) is 4.79 Å². The van der Waals surface area contributed by atoms with Crippen molar-refractivity contribution in [1.29, 1.82) is 0 Å². The molecule has 26 heavy (non-hydrogen) atoms. The molecule has 0 aliphatic carbocycles. The Balaban J connectivity index is 1.39. The van der Waals surface area contributed by atoms with Crippen molar-refractivity contribution in [3.05, 3.63) is 77.8 Å². The fraction of sp³-hybridized carbons (Fsp3) is 0.100. The van der Waals surface area contributed by atoms with Crippen LogP contribution in [0.25, 0.3) is 21.0 Å². The average Bonchev–Trinajstić information content (AvgIpc) is 3.26. The lowest BCUT2D eigenvalue weighted by Crippen LogP contribution is -2.24. The zero-order valence-electron chi connectivity index (χ0n) is 13.7. The Morgan fingerprint density at radius 2 is 2.00 bits per heavy atom. The summed E-state index contributed by atoms with van der Waals surface area (Å²) >= 11 is 1.56. The number of para-hydroxylation sites is 1. The fourth-order valence-electron chi connectivity index (χ4n) is 2.65. The number of benzene rings is 2. The van der Waals surface area contributed by atoms with Crippen molar-refractivity contribution < 1.29 is 13.6 Å². The molecule has 0 saturated heterocycles. The van der Waals surface area contributed by atoms with Crippen molar-refractivity contribution in [2.24, 2.45) is 0 Å². The number of nitrogens with one attached hydrogen (secondary N) is 1. The van der Waals surface area contributed by atoms with Crippen LogP contribution in [-0.4, -0.2) is 10.9 Å². The maximum absolute atomic E-state index is 13.2. The van der Waals surface area contributed by atoms with Crippen LogP contribution in [0.5, 0.6) is 0 Å². The summed E-state index contributed by atoms with van der Waals surface area (Å²) in [5, 5.41) is 3.59. The van der Waals surface area contributed by atoms with Gasteiger partial charge in [-0.1, -0.05) is 24.3 Å². The summed E-state index contributed by atoms with van der Waals surface area (Å²) < 4.78 is 20.1. The van der Waals surface area contributed by atoms with Crippen LogP contribution >= 0.6 is 11.3 Å². The highest BCUT2D eigenvalue weighted by molar-refractivity contribution is 7.21. The predicted molar refractivity (Wildman–Crippen MR) is 99.3 cm³/mol. The van der Waals surface area contributed by atoms with E-state index in [0.29, 0.717) is 17.1 Å². The minimum Gasteiger partial charge on any atom is -0.457 e. The molecular formula is C20H15FN2O2S. The molecule has 4 aromatic rings. The molecule has 0 saturated carbocycles. The smallest absolute Gasteiger partial charge is 0.224 e. The molecule has 0 bridgehead atoms. The van der Waals surface area contributed by atoms with Crippen molar-refractivity contribution in [1.82, 2.24) is 10.3 Å². The molecule has 0 atom stereocenters. The number of fused-ring (bicyclic) bond motifs is 1. The number of aromatic nitrogens is 1. The number of halogens is 1. The summed E-state index contributed by atoms with van der Waals surface area (Å²) in [7, 11) is 0. The number of carbonyl (C=O) groups is 1. The lowest BCUT2D eigenvalue weighted by Gasteiger charge is -2.03. The number of carbonyl (C=O) groups excluding carboxylic acids is 1. The number of hydrogen-bond donors (Lipinski definition) is 1. The van der Waals surface area contributed by atoms with E-state index >= 15 is 0 Å². The summed E-state index contributed by atoms with van der Waals surface area (Å²) in [5.41, 5.74) is 1.57. The quantitative estimate of drug-likeness (QED) is 0.564. The van der Waals surface area contributed by atoms with Gasteiger partial charge in [0.15, 0.2) is 10.8 Å². The van der Waals surface area contributed by atoms with Crippen LogP contribution in [0.4, 0.5) is 4.39 Å². The van der Waals surface area contributed by atoms with Gasteiger partial charge in [0.05, 0.1) is 23.2 Å². The highest BCUT2D eigenvalue weighted by Gasteiger charge is 2.11. The molecule has 1 N–H and O–H groups in total. The number of hydrogen-bond acceptors (Lipinski definition) is 4. The van der Waals surface area contributed by atoms with E-state index < -0.39 is 0 Å². The number of amides is 1. The van der Waals surface area contributed by atoms with Crippen LogP contribution in [0.1, 0.15) is 11.3 Å². The minimum absolute atomic E-state index is 0.128. The molecule has 4 nitrogen and oxygen atoms in total. The monoisotopic (exact) mass is 366 g/mol. The predicted octanol–water partition coefficient (Wildman–Crippen LogP) is 4.55. The topological polar surface area (TPSA) is 55.1 Å². The maximum Gasteiger partial charge on any atom is 0.224 e. The van der Waals surface area contributed by atoms with Gasteiger partial charge in [0.1, 0.15) is 11.6 Å². The average molecular weight is 366 g/mol. The van der Waals surface area contributed by atoms with Crippen LogP contribution in [-0.2, 0) is 17.8 Å². The van der Waals surface area contributed by atoms with Gasteiger partial charge >= 0.3 is 0 Å². The molecule has 0 radical (unpaired) electrons. The van der Waals surface area contributed by atoms with Gasteiger partial charge in [0.25, 0.3) is 0 Å². The molecule has 0 unspecified atom stereocenters. The SMILES string of the molecule is O=C(Cc1cccc(F)c1)NCc1ccc(-c2nc3ccccc3s2)o1. The molecule has 1 amide bonds. The second kappa shape index (κ2) is 7.09. The highest BCUT2D eigenvalue weighted by Crippen LogP contribution is 2.31. The Morgan fingerprint density at radius 1 is 1.12 bits per heavy atom. The zero-order chi connectivity index (χ0) is 17.9. The van der Waals surface area contributed by atoms with E-state index in [-0.39, 0.29) is 24.7 Å². The molecule has 0 aliphatic rings. The molecule has 6 heteroatoms. The van der Waals surface area contributed by atoms with E-state index in [0.717, 1.165) is 15.2 Å². The molecule has 2 heterocycles. The van der Waals surface area contributed by atoms with Crippen LogP contribution in [0.3, 0.4) is 0 Å². The van der Waals surface area contributed by atoms with Gasteiger partial charge in [-0.05, 0) is 42.0 Å². The first-order valence-electron chi connectivity index (χ1n) is 8.13. The molecular weight excluding hydrogens is 351 g/mol. The van der Waals surface area contributed by atoms with Gasteiger partial charge in [-0.25, -0.2) is 9.37 Å². The van der Waals surface area contributed by atoms with Crippen molar-refractivity contribution >= 4 is 27.5 Å². The van der Waals surface area contributed by atoms with E-state index in [4.69, 9.17) is 4.42 Å². The van der Waals surface area contributed by atoms with Gasteiger partial charge in [0.2, 0.25) is 5.91 Å². The van der Waals surface area contributed by atoms with Crippen LogP contribution in [0.2, 0.25) is 0 Å². The molecule has 4 rings (SSSR count). The Kier molecular flexibility index (Phi) is 4.50. The summed E-state index contributed by atoms with van der Waals surface area (Å²) in [6.07, 6.45) is 0.128. The van der Waals surface area contributed by atoms with E-state index in [1.54, 1.807) is 23.5 Å². The van der Waals surface area contributed by atoms with Crippen LogP contribution in [0, 0.1) is 5.82 Å². The normalized spacial score (nSPS) is 11.0. The molecule has 0 aliphatic heterocycles. The Hall–Kier alpha value is -2.99. The second-order valence-corrected chi connectivity index (χ2v) is 6.87. The summed E-state index contributed by atoms with van der Waals surface area (Å²) in [6.45, 7) is 0.277. The molecule has 0 fully saturated rings. The standard InChI is InChI=1S/C20H15FN2O2S/c21-14-5-3-4-13(10-14)11-19(24)22-12-15-8-9-17(25-15)20-23-16-6-1-2-7-18(16)26-20/h1-10H,11-12H2,(H,22,24). The Labute approximate surface area is 153 Å². The maximum atomic E-state index is 13.2. The van der Waals surface area contributed by atoms with E-state index in [1.807, 2.05) is 36.4 Å². The van der Waals surface area contributed by atoms with Crippen molar-refractivity contribution in [3.63, 3.8) is 0 Å². The van der Waals surface area contributed by atoms with Crippen LogP contribution < -0.4 is 5.32 Å². The third kappa shape index (κ3) is 3.65. The van der Waals surface area contributed by atoms with E-state index in [1.165, 1.54) is 12.1 Å². The first kappa shape index (κ1) is 16.5. The Bertz CT molecular complexity index is 1040. The summed E-state index contributed by atoms with van der Waals surface area (Å²) in [4.78, 5) is 16.6. The van der Waals surface area contributed by atoms with Crippen molar-refractivity contribution in [3.8, 4) is 10.8 Å². The number of thiazole rings is 1. The lowest BCUT2D eigenvalue weighted by molar-refractivity contribution is -0.120. The zero-order valence-corrected chi connectivity index (χ0v) is 14.6. The summed E-state index contributed by atoms with van der Waals surface area (Å²) in [5.74, 6) is 0.794. The summed E-state index contributed by atoms with van der Waals surface area (Å²) in [6, 6.07) is 17.6. The Morgan fingerprint density at radius 3 is 2.85 bits per heavy atom. The van der Waals surface area contributed by atoms with Gasteiger partial charge in [0, 0.05) is 0 Å². The molecule has 130 valence electrons. The molecule has 2 aromatic heterocycles.